The number of nitro benzene ring substituents is 1. The fourth-order valence-corrected chi connectivity index (χ4v) is 3.96. The lowest BCUT2D eigenvalue weighted by molar-refractivity contribution is -0.384. The van der Waals surface area contributed by atoms with Gasteiger partial charge in [-0.05, 0) is 56.2 Å². The van der Waals surface area contributed by atoms with Gasteiger partial charge in [-0.3, -0.25) is 19.7 Å². The van der Waals surface area contributed by atoms with Crippen molar-refractivity contribution in [1.29, 1.82) is 0 Å². The largest absolute Gasteiger partial charge is 0.269 e. The number of carbonyl (C=O) groups is 2. The Hall–Kier alpha value is -4.40. The Labute approximate surface area is 182 Å². The van der Waals surface area contributed by atoms with Crippen molar-refractivity contribution in [2.45, 2.75) is 20.8 Å². The second kappa shape index (κ2) is 6.81. The number of hydrogen-bond acceptors (Lipinski definition) is 6. The molecule has 2 amide bonds. The normalized spacial score (nSPS) is 13.2. The molecule has 3 heterocycles. The van der Waals surface area contributed by atoms with Gasteiger partial charge in [-0.25, -0.2) is 14.6 Å². The van der Waals surface area contributed by atoms with Crippen LogP contribution < -0.4 is 4.90 Å². The molecule has 1 aliphatic heterocycles. The Balaban J connectivity index is 1.66. The summed E-state index contributed by atoms with van der Waals surface area (Å²) in [5.74, 6) is -1.03. The Morgan fingerprint density at radius 3 is 2.25 bits per heavy atom. The fraction of sp³-hybridized carbons (Fsp3) is 0.130. The number of fused-ring (bicyclic) bond motifs is 3. The highest BCUT2D eigenvalue weighted by Crippen LogP contribution is 2.35. The SMILES string of the molecule is Cc1ccc(-n2nc(C)c3c4c(cnc32)C(=O)N(c2ccc([N+](=O)[O-])cc2)C4=O)cc1C. The van der Waals surface area contributed by atoms with Crippen molar-refractivity contribution in [1.82, 2.24) is 14.8 Å². The zero-order valence-corrected chi connectivity index (χ0v) is 17.5. The summed E-state index contributed by atoms with van der Waals surface area (Å²) in [6.07, 6.45) is 1.39. The summed E-state index contributed by atoms with van der Waals surface area (Å²) in [6.45, 7) is 5.80. The molecule has 2 aromatic carbocycles. The molecule has 9 nitrogen and oxygen atoms in total. The van der Waals surface area contributed by atoms with Gasteiger partial charge in [0.25, 0.3) is 17.5 Å². The molecule has 0 N–H and O–H groups in total. The van der Waals surface area contributed by atoms with Gasteiger partial charge in [0.15, 0.2) is 5.65 Å². The van der Waals surface area contributed by atoms with E-state index in [1.165, 1.54) is 30.5 Å². The van der Waals surface area contributed by atoms with Gasteiger partial charge in [-0.2, -0.15) is 5.10 Å². The Kier molecular flexibility index (Phi) is 4.16. The summed E-state index contributed by atoms with van der Waals surface area (Å²) in [5, 5.41) is 16.0. The number of benzene rings is 2. The van der Waals surface area contributed by atoms with E-state index in [0.717, 1.165) is 21.7 Å². The Morgan fingerprint density at radius 2 is 1.59 bits per heavy atom. The number of nitrogens with zero attached hydrogens (tertiary/aromatic N) is 5. The first-order valence-electron chi connectivity index (χ1n) is 9.87. The average Bonchev–Trinajstić information content (AvgIpc) is 3.24. The lowest BCUT2D eigenvalue weighted by Gasteiger charge is -2.13. The maximum absolute atomic E-state index is 13.3. The van der Waals surface area contributed by atoms with Crippen LogP contribution in [0.15, 0.2) is 48.7 Å². The lowest BCUT2D eigenvalue weighted by atomic mass is 10.1. The number of aromatic nitrogens is 3. The van der Waals surface area contributed by atoms with Crippen molar-refractivity contribution in [3.05, 3.63) is 86.7 Å². The molecule has 32 heavy (non-hydrogen) atoms. The van der Waals surface area contributed by atoms with Crippen LogP contribution in [-0.4, -0.2) is 31.5 Å². The summed E-state index contributed by atoms with van der Waals surface area (Å²) < 4.78 is 1.67. The highest BCUT2D eigenvalue weighted by molar-refractivity contribution is 6.37. The van der Waals surface area contributed by atoms with Gasteiger partial charge in [0.2, 0.25) is 0 Å². The van der Waals surface area contributed by atoms with Crippen LogP contribution in [0.25, 0.3) is 16.7 Å². The minimum absolute atomic E-state index is 0.125. The molecule has 1 aliphatic rings. The summed E-state index contributed by atoms with van der Waals surface area (Å²) in [7, 11) is 0. The number of anilines is 1. The van der Waals surface area contributed by atoms with E-state index >= 15 is 0 Å². The molecule has 0 fully saturated rings. The third kappa shape index (κ3) is 2.71. The van der Waals surface area contributed by atoms with E-state index in [9.17, 15) is 19.7 Å². The van der Waals surface area contributed by atoms with Gasteiger partial charge < -0.3 is 0 Å². The number of hydrogen-bond donors (Lipinski definition) is 0. The molecule has 4 aromatic rings. The number of imide groups is 1. The first kappa shape index (κ1) is 19.6. The summed E-state index contributed by atoms with van der Waals surface area (Å²) >= 11 is 0. The predicted octanol–water partition coefficient (Wildman–Crippen LogP) is 4.05. The molecule has 0 unspecified atom stereocenters. The van der Waals surface area contributed by atoms with Gasteiger partial charge >= 0.3 is 0 Å². The molecule has 5 rings (SSSR count). The van der Waals surface area contributed by atoms with E-state index in [2.05, 4.69) is 10.1 Å². The minimum Gasteiger partial charge on any atom is -0.268 e. The maximum Gasteiger partial charge on any atom is 0.269 e. The Morgan fingerprint density at radius 1 is 0.906 bits per heavy atom. The summed E-state index contributed by atoms with van der Waals surface area (Å²) in [6, 6.07) is 11.2. The van der Waals surface area contributed by atoms with Gasteiger partial charge in [0.1, 0.15) is 0 Å². The highest BCUT2D eigenvalue weighted by Gasteiger charge is 2.40. The number of non-ortho nitro benzene ring substituents is 1. The monoisotopic (exact) mass is 427 g/mol. The van der Waals surface area contributed by atoms with Crippen molar-refractivity contribution in [2.75, 3.05) is 4.90 Å². The quantitative estimate of drug-likeness (QED) is 0.277. The first-order valence-corrected chi connectivity index (χ1v) is 9.87. The van der Waals surface area contributed by atoms with Crippen LogP contribution in [0.5, 0.6) is 0 Å². The number of nitro groups is 1. The Bertz CT molecular complexity index is 1470. The van der Waals surface area contributed by atoms with Crippen LogP contribution in [0.1, 0.15) is 37.5 Å². The molecule has 0 radical (unpaired) electrons. The average molecular weight is 427 g/mol. The van der Waals surface area contributed by atoms with Crippen molar-refractivity contribution in [3.8, 4) is 5.69 Å². The van der Waals surface area contributed by atoms with Crippen LogP contribution in [-0.2, 0) is 0 Å². The van der Waals surface area contributed by atoms with Gasteiger partial charge in [-0.15, -0.1) is 0 Å². The van der Waals surface area contributed by atoms with Crippen LogP contribution in [0.4, 0.5) is 11.4 Å². The van der Waals surface area contributed by atoms with Crippen molar-refractivity contribution in [3.63, 3.8) is 0 Å². The summed E-state index contributed by atoms with van der Waals surface area (Å²) in [5.41, 5.74) is 4.67. The standard InChI is InChI=1S/C23H17N5O4/c1-12-4-5-17(10-13(12)2)27-21-19(14(3)25-27)20-18(11-24-21)22(29)26(23(20)30)15-6-8-16(9-7-15)28(31)32/h4-11H,1-3H3. The molecule has 0 spiro atoms. The van der Waals surface area contributed by atoms with E-state index in [-0.39, 0.29) is 22.5 Å². The molecule has 0 aliphatic carbocycles. The van der Waals surface area contributed by atoms with Gasteiger partial charge in [0.05, 0.1) is 38.5 Å². The molecule has 0 saturated carbocycles. The maximum atomic E-state index is 13.3. The number of pyridine rings is 1. The van der Waals surface area contributed by atoms with E-state index < -0.39 is 16.7 Å². The molecule has 2 aromatic heterocycles. The number of amides is 2. The van der Waals surface area contributed by atoms with Crippen molar-refractivity contribution in [2.24, 2.45) is 0 Å². The smallest absolute Gasteiger partial charge is 0.268 e. The van der Waals surface area contributed by atoms with Gasteiger partial charge in [0, 0.05) is 18.3 Å². The van der Waals surface area contributed by atoms with E-state index in [4.69, 9.17) is 0 Å². The zero-order chi connectivity index (χ0) is 22.7. The molecular formula is C23H17N5O4. The predicted molar refractivity (Wildman–Crippen MR) is 117 cm³/mol. The molecule has 9 heteroatoms. The molecule has 158 valence electrons. The van der Waals surface area contributed by atoms with Crippen LogP contribution in [0.2, 0.25) is 0 Å². The van der Waals surface area contributed by atoms with E-state index in [0.29, 0.717) is 16.7 Å². The van der Waals surface area contributed by atoms with Crippen LogP contribution >= 0.6 is 0 Å². The summed E-state index contributed by atoms with van der Waals surface area (Å²) in [4.78, 5) is 42.3. The van der Waals surface area contributed by atoms with Crippen LogP contribution in [0, 0.1) is 30.9 Å². The highest BCUT2D eigenvalue weighted by atomic mass is 16.6. The molecule has 0 bridgehead atoms. The van der Waals surface area contributed by atoms with E-state index in [1.54, 1.807) is 11.6 Å². The third-order valence-corrected chi connectivity index (χ3v) is 5.78. The number of carbonyl (C=O) groups excluding carboxylic acids is 2. The van der Waals surface area contributed by atoms with Gasteiger partial charge in [-0.1, -0.05) is 6.07 Å². The molecular weight excluding hydrogens is 410 g/mol. The molecule has 0 saturated heterocycles. The van der Waals surface area contributed by atoms with Crippen molar-refractivity contribution < 1.29 is 14.5 Å². The van der Waals surface area contributed by atoms with Crippen molar-refractivity contribution >= 4 is 34.2 Å². The molecule has 0 atom stereocenters. The third-order valence-electron chi connectivity index (χ3n) is 5.78. The number of aryl methyl sites for hydroxylation is 3. The fourth-order valence-electron chi connectivity index (χ4n) is 3.96. The first-order chi connectivity index (χ1) is 15.3. The zero-order valence-electron chi connectivity index (χ0n) is 17.5. The number of rotatable bonds is 3. The van der Waals surface area contributed by atoms with E-state index in [1.807, 2.05) is 32.0 Å². The van der Waals surface area contributed by atoms with Crippen LogP contribution in [0.3, 0.4) is 0 Å². The second-order valence-electron chi connectivity index (χ2n) is 7.73. The topological polar surface area (TPSA) is 111 Å². The second-order valence-corrected chi connectivity index (χ2v) is 7.73. The lowest BCUT2D eigenvalue weighted by Crippen LogP contribution is -2.29. The minimum atomic E-state index is -0.538.